The number of aryl methyl sites for hydroxylation is 1. The van der Waals surface area contributed by atoms with Gasteiger partial charge in [0.25, 0.3) is 0 Å². The summed E-state index contributed by atoms with van der Waals surface area (Å²) in [5.74, 6) is 4.17. The molecule has 0 unspecified atom stereocenters. The highest BCUT2D eigenvalue weighted by molar-refractivity contribution is 5.91. The first-order valence-corrected chi connectivity index (χ1v) is 15.2. The van der Waals surface area contributed by atoms with Gasteiger partial charge in [0.2, 0.25) is 0 Å². The molecule has 0 bridgehead atoms. The van der Waals surface area contributed by atoms with E-state index in [1.54, 1.807) is 31.3 Å². The molecule has 6 heteroatoms. The largest absolute Gasteiger partial charge is 0.464 e. The van der Waals surface area contributed by atoms with Crippen molar-refractivity contribution in [2.45, 2.75) is 78.1 Å². The van der Waals surface area contributed by atoms with Crippen LogP contribution in [0, 0.1) is 0 Å². The van der Waals surface area contributed by atoms with E-state index < -0.39 is 0 Å². The Morgan fingerprint density at radius 3 is 1.60 bits per heavy atom. The Kier molecular flexibility index (Phi) is 8.69. The lowest BCUT2D eigenvalue weighted by atomic mass is 9.96. The smallest absolute Gasteiger partial charge is 0.180 e. The minimum Gasteiger partial charge on any atom is -0.464 e. The van der Waals surface area contributed by atoms with Crippen LogP contribution in [0.25, 0.3) is 56.8 Å². The molecule has 0 fully saturated rings. The van der Waals surface area contributed by atoms with Gasteiger partial charge in [-0.25, -0.2) is 0 Å². The molecule has 6 heterocycles. The van der Waals surface area contributed by atoms with Crippen LogP contribution in [0.3, 0.4) is 0 Å². The molecule has 0 aliphatic heterocycles. The van der Waals surface area contributed by atoms with Crippen LogP contribution in [0.4, 0.5) is 0 Å². The van der Waals surface area contributed by atoms with Gasteiger partial charge in [0.15, 0.2) is 11.5 Å². The van der Waals surface area contributed by atoms with E-state index in [1.165, 1.54) is 49.7 Å². The number of hydrogen-bond acceptors (Lipinski definition) is 6. The summed E-state index contributed by atoms with van der Waals surface area (Å²) in [6.07, 6.45) is 21.9. The Labute approximate surface area is 246 Å². The second-order valence-electron chi connectivity index (χ2n) is 10.8. The van der Waals surface area contributed by atoms with Crippen molar-refractivity contribution in [3.05, 3.63) is 85.1 Å². The molecular weight excluding hydrogens is 528 g/mol. The fourth-order valence-corrected chi connectivity index (χ4v) is 5.76. The van der Waals surface area contributed by atoms with Gasteiger partial charge in [-0.05, 0) is 67.6 Å². The molecule has 0 amide bonds. The van der Waals surface area contributed by atoms with Gasteiger partial charge in [-0.15, -0.1) is 0 Å². The predicted octanol–water partition coefficient (Wildman–Crippen LogP) is 11.8. The summed E-state index contributed by atoms with van der Waals surface area (Å²) in [6.45, 7) is 4.49. The van der Waals surface area contributed by atoms with Crippen molar-refractivity contribution < 1.29 is 26.5 Å². The van der Waals surface area contributed by atoms with Crippen molar-refractivity contribution >= 4 is 0 Å². The number of furan rings is 6. The minimum absolute atomic E-state index is 0.643. The van der Waals surface area contributed by atoms with E-state index in [-0.39, 0.29) is 0 Å². The highest BCUT2D eigenvalue weighted by Crippen LogP contribution is 2.46. The topological polar surface area (TPSA) is 78.8 Å². The SMILES string of the molecule is CCCCCCc1coc(-c2occc2-c2occc2-c2occc2-c2occc2-c2ccco2)c1CCCCCC. The normalized spacial score (nSPS) is 11.6. The third-order valence-electron chi connectivity index (χ3n) is 7.95. The maximum atomic E-state index is 6.28. The van der Waals surface area contributed by atoms with Crippen LogP contribution in [0.5, 0.6) is 0 Å². The maximum absolute atomic E-state index is 6.28. The van der Waals surface area contributed by atoms with Crippen molar-refractivity contribution in [3.63, 3.8) is 0 Å². The fraction of sp³-hybridized carbons (Fsp3) is 0.333. The lowest BCUT2D eigenvalue weighted by molar-refractivity contribution is 0.518. The van der Waals surface area contributed by atoms with Crippen LogP contribution in [0.1, 0.15) is 76.3 Å². The van der Waals surface area contributed by atoms with E-state index >= 15 is 0 Å². The second-order valence-corrected chi connectivity index (χ2v) is 10.8. The first-order chi connectivity index (χ1) is 20.8. The molecule has 42 heavy (non-hydrogen) atoms. The molecule has 0 saturated carbocycles. The van der Waals surface area contributed by atoms with Gasteiger partial charge in [0.05, 0.1) is 59.8 Å². The Morgan fingerprint density at radius 2 is 1.00 bits per heavy atom. The standard InChI is InChI=1S/C36H38O6/c1-3-5-7-9-12-25-24-42-35(26(25)13-10-8-6-4-2)36-30(18-23-41-36)34-29(17-22-40-34)33-28(16-21-39-33)32-27(15-20-38-32)31-14-11-19-37-31/h11,14-24H,3-10,12-13H2,1-2H3. The molecule has 0 aliphatic rings. The zero-order chi connectivity index (χ0) is 28.7. The minimum atomic E-state index is 0.643. The lowest BCUT2D eigenvalue weighted by Crippen LogP contribution is -1.94. The molecule has 0 radical (unpaired) electrons. The molecule has 218 valence electrons. The van der Waals surface area contributed by atoms with E-state index in [0.717, 1.165) is 59.5 Å². The van der Waals surface area contributed by atoms with Gasteiger partial charge in [-0.1, -0.05) is 52.4 Å². The molecule has 0 aliphatic carbocycles. The average molecular weight is 567 g/mol. The zero-order valence-corrected chi connectivity index (χ0v) is 24.4. The van der Waals surface area contributed by atoms with Crippen molar-refractivity contribution in [2.75, 3.05) is 0 Å². The van der Waals surface area contributed by atoms with Gasteiger partial charge in [0.1, 0.15) is 23.0 Å². The van der Waals surface area contributed by atoms with E-state index in [1.807, 2.05) is 42.7 Å². The summed E-state index contributed by atoms with van der Waals surface area (Å²) < 4.78 is 36.2. The second kappa shape index (κ2) is 13.1. The van der Waals surface area contributed by atoms with E-state index in [9.17, 15) is 0 Å². The Balaban J connectivity index is 1.35. The van der Waals surface area contributed by atoms with Crippen LogP contribution < -0.4 is 0 Å². The lowest BCUT2D eigenvalue weighted by Gasteiger charge is -2.07. The first kappa shape index (κ1) is 27.8. The predicted molar refractivity (Wildman–Crippen MR) is 163 cm³/mol. The van der Waals surface area contributed by atoms with Gasteiger partial charge >= 0.3 is 0 Å². The highest BCUT2D eigenvalue weighted by atomic mass is 16.4. The Hall–Kier alpha value is -4.32. The van der Waals surface area contributed by atoms with Crippen LogP contribution in [-0.2, 0) is 12.8 Å². The van der Waals surface area contributed by atoms with Crippen molar-refractivity contribution in [2.24, 2.45) is 0 Å². The molecule has 0 N–H and O–H groups in total. The van der Waals surface area contributed by atoms with E-state index in [4.69, 9.17) is 26.5 Å². The van der Waals surface area contributed by atoms with Gasteiger partial charge in [0, 0.05) is 5.56 Å². The number of unbranched alkanes of at least 4 members (excludes halogenated alkanes) is 6. The third-order valence-corrected chi connectivity index (χ3v) is 7.95. The molecule has 6 aromatic heterocycles. The van der Waals surface area contributed by atoms with Gasteiger partial charge in [-0.3, -0.25) is 0 Å². The van der Waals surface area contributed by atoms with Crippen LogP contribution in [0.15, 0.2) is 100 Å². The molecule has 6 nitrogen and oxygen atoms in total. The monoisotopic (exact) mass is 566 g/mol. The first-order valence-electron chi connectivity index (χ1n) is 15.2. The number of hydrogen-bond donors (Lipinski definition) is 0. The maximum Gasteiger partial charge on any atom is 0.180 e. The molecule has 0 atom stereocenters. The molecule has 6 aromatic rings. The highest BCUT2D eigenvalue weighted by Gasteiger charge is 2.27. The van der Waals surface area contributed by atoms with Crippen molar-refractivity contribution in [1.82, 2.24) is 0 Å². The summed E-state index contributed by atoms with van der Waals surface area (Å²) >= 11 is 0. The van der Waals surface area contributed by atoms with Crippen LogP contribution in [-0.4, -0.2) is 0 Å². The molecular formula is C36H38O6. The summed E-state index contributed by atoms with van der Waals surface area (Å²) in [6, 6.07) is 11.4. The van der Waals surface area contributed by atoms with Crippen molar-refractivity contribution in [1.29, 1.82) is 0 Å². The Bertz CT molecular complexity index is 1660. The molecule has 0 spiro atoms. The number of rotatable bonds is 15. The van der Waals surface area contributed by atoms with Gasteiger partial charge in [-0.2, -0.15) is 0 Å². The fourth-order valence-electron chi connectivity index (χ4n) is 5.76. The molecule has 6 rings (SSSR count). The summed E-state index contributed by atoms with van der Waals surface area (Å²) in [7, 11) is 0. The quantitative estimate of drug-likeness (QED) is 0.115. The van der Waals surface area contributed by atoms with E-state index in [0.29, 0.717) is 23.0 Å². The Morgan fingerprint density at radius 1 is 0.452 bits per heavy atom. The van der Waals surface area contributed by atoms with Crippen molar-refractivity contribution in [3.8, 4) is 56.8 Å². The molecule has 0 aromatic carbocycles. The zero-order valence-electron chi connectivity index (χ0n) is 24.4. The molecule has 0 saturated heterocycles. The summed E-state index contributed by atoms with van der Waals surface area (Å²) in [5, 5.41) is 0. The average Bonchev–Trinajstić information content (AvgIpc) is 3.83. The third kappa shape index (κ3) is 5.58. The van der Waals surface area contributed by atoms with E-state index in [2.05, 4.69) is 13.8 Å². The summed E-state index contributed by atoms with van der Waals surface area (Å²) in [5.41, 5.74) is 5.83. The summed E-state index contributed by atoms with van der Waals surface area (Å²) in [4.78, 5) is 0. The van der Waals surface area contributed by atoms with Crippen LogP contribution >= 0.6 is 0 Å². The van der Waals surface area contributed by atoms with Crippen LogP contribution in [0.2, 0.25) is 0 Å². The van der Waals surface area contributed by atoms with Gasteiger partial charge < -0.3 is 26.5 Å².